The van der Waals surface area contributed by atoms with Gasteiger partial charge < -0.3 is 10.2 Å². The molecule has 4 nitrogen and oxygen atoms in total. The minimum Gasteiger partial charge on any atom is -0.378 e. The average Bonchev–Trinajstić information content (AvgIpc) is 2.18. The molecule has 0 saturated carbocycles. The van der Waals surface area contributed by atoms with Crippen molar-refractivity contribution in [2.45, 2.75) is 6.92 Å². The minimum atomic E-state index is -0.129. The van der Waals surface area contributed by atoms with Crippen molar-refractivity contribution in [3.8, 4) is 0 Å². The topological polar surface area (TPSA) is 45.2 Å². The molecule has 0 bridgehead atoms. The van der Waals surface area contributed by atoms with Crippen LogP contribution in [0, 0.1) is 0 Å². The van der Waals surface area contributed by atoms with Crippen LogP contribution in [-0.4, -0.2) is 31.5 Å². The minimum absolute atomic E-state index is 0.129. The fraction of sp³-hybridized carbons (Fsp3) is 0.400. The maximum absolute atomic E-state index is 11.4. The Morgan fingerprint density at radius 3 is 2.86 bits per heavy atom. The van der Waals surface area contributed by atoms with Crippen LogP contribution in [0.2, 0.25) is 0 Å². The number of anilines is 1. The van der Waals surface area contributed by atoms with Crippen LogP contribution in [0.3, 0.4) is 0 Å². The number of nitrogens with zero attached hydrogens (tertiary/aromatic N) is 2. The zero-order valence-corrected chi connectivity index (χ0v) is 8.74. The first-order chi connectivity index (χ1) is 6.65. The number of rotatable bonds is 3. The van der Waals surface area contributed by atoms with Gasteiger partial charge in [-0.15, -0.1) is 0 Å². The van der Waals surface area contributed by atoms with Gasteiger partial charge >= 0.3 is 0 Å². The van der Waals surface area contributed by atoms with Gasteiger partial charge in [0, 0.05) is 32.5 Å². The summed E-state index contributed by atoms with van der Waals surface area (Å²) in [7, 11) is 3.85. The molecule has 1 aromatic heterocycles. The molecule has 0 fully saturated rings. The lowest BCUT2D eigenvalue weighted by Crippen LogP contribution is -2.24. The van der Waals surface area contributed by atoms with Crippen molar-refractivity contribution in [2.24, 2.45) is 0 Å². The van der Waals surface area contributed by atoms with E-state index in [2.05, 4.69) is 10.3 Å². The van der Waals surface area contributed by atoms with Crippen molar-refractivity contribution in [2.75, 3.05) is 25.5 Å². The third-order valence-corrected chi connectivity index (χ3v) is 1.83. The van der Waals surface area contributed by atoms with Crippen molar-refractivity contribution in [1.82, 2.24) is 10.3 Å². The smallest absolute Gasteiger partial charge is 0.269 e. The molecule has 1 rings (SSSR count). The average molecular weight is 193 g/mol. The highest BCUT2D eigenvalue weighted by Crippen LogP contribution is 2.10. The molecular weight excluding hydrogens is 178 g/mol. The van der Waals surface area contributed by atoms with Gasteiger partial charge in [0.15, 0.2) is 0 Å². The van der Waals surface area contributed by atoms with Crippen molar-refractivity contribution < 1.29 is 4.79 Å². The van der Waals surface area contributed by atoms with Gasteiger partial charge in [-0.1, -0.05) is 0 Å². The third-order valence-electron chi connectivity index (χ3n) is 1.83. The van der Waals surface area contributed by atoms with Crippen LogP contribution in [0.25, 0.3) is 0 Å². The second kappa shape index (κ2) is 4.60. The van der Waals surface area contributed by atoms with E-state index in [0.29, 0.717) is 12.2 Å². The summed E-state index contributed by atoms with van der Waals surface area (Å²) in [6.45, 7) is 2.50. The van der Waals surface area contributed by atoms with E-state index in [-0.39, 0.29) is 5.91 Å². The standard InChI is InChI=1S/C10H15N3O/c1-4-11-10(14)9-7-8(13(2)3)5-6-12-9/h5-7H,4H2,1-3H3,(H,11,14). The Hall–Kier alpha value is -1.58. The van der Waals surface area contributed by atoms with Crippen LogP contribution in [0.4, 0.5) is 5.69 Å². The molecule has 0 saturated heterocycles. The molecule has 0 aliphatic carbocycles. The molecular formula is C10H15N3O. The van der Waals surface area contributed by atoms with E-state index >= 15 is 0 Å². The van der Waals surface area contributed by atoms with Crippen molar-refractivity contribution in [1.29, 1.82) is 0 Å². The number of hydrogen-bond donors (Lipinski definition) is 1. The molecule has 1 N–H and O–H groups in total. The van der Waals surface area contributed by atoms with Gasteiger partial charge in [0.05, 0.1) is 0 Å². The zero-order valence-electron chi connectivity index (χ0n) is 8.74. The Morgan fingerprint density at radius 1 is 1.57 bits per heavy atom. The van der Waals surface area contributed by atoms with E-state index in [9.17, 15) is 4.79 Å². The van der Waals surface area contributed by atoms with E-state index in [1.807, 2.05) is 32.0 Å². The second-order valence-corrected chi connectivity index (χ2v) is 3.15. The number of nitrogens with one attached hydrogen (secondary N) is 1. The van der Waals surface area contributed by atoms with Gasteiger partial charge in [-0.25, -0.2) is 0 Å². The van der Waals surface area contributed by atoms with Gasteiger partial charge in [0.1, 0.15) is 5.69 Å². The summed E-state index contributed by atoms with van der Waals surface area (Å²) in [4.78, 5) is 17.4. The Morgan fingerprint density at radius 2 is 2.29 bits per heavy atom. The highest BCUT2D eigenvalue weighted by Gasteiger charge is 2.06. The molecule has 0 unspecified atom stereocenters. The fourth-order valence-corrected chi connectivity index (χ4v) is 1.07. The summed E-state index contributed by atoms with van der Waals surface area (Å²) < 4.78 is 0. The molecule has 1 aromatic rings. The molecule has 1 heterocycles. The monoisotopic (exact) mass is 193 g/mol. The summed E-state index contributed by atoms with van der Waals surface area (Å²) in [6, 6.07) is 3.63. The van der Waals surface area contributed by atoms with E-state index in [1.54, 1.807) is 12.3 Å². The Bertz CT molecular complexity index is 323. The Balaban J connectivity index is 2.88. The Labute approximate surface area is 83.9 Å². The SMILES string of the molecule is CCNC(=O)c1cc(N(C)C)ccn1. The highest BCUT2D eigenvalue weighted by atomic mass is 16.1. The van der Waals surface area contributed by atoms with Gasteiger partial charge in [0.25, 0.3) is 5.91 Å². The molecule has 0 spiro atoms. The summed E-state index contributed by atoms with van der Waals surface area (Å²) in [6.07, 6.45) is 1.64. The second-order valence-electron chi connectivity index (χ2n) is 3.15. The number of aromatic nitrogens is 1. The number of carbonyl (C=O) groups is 1. The lowest BCUT2D eigenvalue weighted by Gasteiger charge is -2.12. The van der Waals surface area contributed by atoms with Gasteiger partial charge in [-0.3, -0.25) is 9.78 Å². The molecule has 0 radical (unpaired) electrons. The first-order valence-electron chi connectivity index (χ1n) is 4.56. The first kappa shape index (κ1) is 10.5. The van der Waals surface area contributed by atoms with Crippen LogP contribution >= 0.6 is 0 Å². The highest BCUT2D eigenvalue weighted by molar-refractivity contribution is 5.93. The molecule has 1 amide bonds. The Kier molecular flexibility index (Phi) is 3.45. The van der Waals surface area contributed by atoms with Crippen molar-refractivity contribution in [3.05, 3.63) is 24.0 Å². The van der Waals surface area contributed by atoms with Gasteiger partial charge in [0.2, 0.25) is 0 Å². The first-order valence-corrected chi connectivity index (χ1v) is 4.56. The molecule has 0 aliphatic heterocycles. The largest absolute Gasteiger partial charge is 0.378 e. The predicted octanol–water partition coefficient (Wildman–Crippen LogP) is 0.897. The van der Waals surface area contributed by atoms with Gasteiger partial charge in [-0.05, 0) is 19.1 Å². The third kappa shape index (κ3) is 2.45. The van der Waals surface area contributed by atoms with Gasteiger partial charge in [-0.2, -0.15) is 0 Å². The number of amides is 1. The van der Waals surface area contributed by atoms with E-state index in [1.165, 1.54) is 0 Å². The lowest BCUT2D eigenvalue weighted by atomic mass is 10.3. The molecule has 4 heteroatoms. The molecule has 14 heavy (non-hydrogen) atoms. The predicted molar refractivity (Wildman–Crippen MR) is 56.6 cm³/mol. The van der Waals surface area contributed by atoms with Crippen LogP contribution in [0.15, 0.2) is 18.3 Å². The fourth-order valence-electron chi connectivity index (χ4n) is 1.07. The summed E-state index contributed by atoms with van der Waals surface area (Å²) in [5.74, 6) is -0.129. The maximum Gasteiger partial charge on any atom is 0.269 e. The summed E-state index contributed by atoms with van der Waals surface area (Å²) in [5, 5.41) is 2.71. The van der Waals surface area contributed by atoms with Crippen LogP contribution in [-0.2, 0) is 0 Å². The quantitative estimate of drug-likeness (QED) is 0.775. The van der Waals surface area contributed by atoms with Crippen molar-refractivity contribution >= 4 is 11.6 Å². The number of carbonyl (C=O) groups excluding carboxylic acids is 1. The van der Waals surface area contributed by atoms with E-state index < -0.39 is 0 Å². The van der Waals surface area contributed by atoms with Crippen LogP contribution in [0.1, 0.15) is 17.4 Å². The summed E-state index contributed by atoms with van der Waals surface area (Å²) >= 11 is 0. The zero-order chi connectivity index (χ0) is 10.6. The normalized spacial score (nSPS) is 9.64. The molecule has 0 atom stereocenters. The van der Waals surface area contributed by atoms with E-state index in [0.717, 1.165) is 5.69 Å². The van der Waals surface area contributed by atoms with Crippen LogP contribution < -0.4 is 10.2 Å². The number of pyridine rings is 1. The van der Waals surface area contributed by atoms with E-state index in [4.69, 9.17) is 0 Å². The summed E-state index contributed by atoms with van der Waals surface area (Å²) in [5.41, 5.74) is 1.43. The molecule has 0 aliphatic rings. The van der Waals surface area contributed by atoms with Crippen molar-refractivity contribution in [3.63, 3.8) is 0 Å². The molecule has 76 valence electrons. The van der Waals surface area contributed by atoms with Crippen LogP contribution in [0.5, 0.6) is 0 Å². The maximum atomic E-state index is 11.4. The lowest BCUT2D eigenvalue weighted by molar-refractivity contribution is 0.0951. The number of hydrogen-bond acceptors (Lipinski definition) is 3. The molecule has 0 aromatic carbocycles.